The molecule has 142 valence electrons. The van der Waals surface area contributed by atoms with Crippen molar-refractivity contribution >= 4 is 11.8 Å². The first-order valence-electron chi connectivity index (χ1n) is 10.2. The van der Waals surface area contributed by atoms with Gasteiger partial charge in [-0.1, -0.05) is 26.7 Å². The van der Waals surface area contributed by atoms with Crippen LogP contribution < -0.4 is 0 Å². The van der Waals surface area contributed by atoms with E-state index in [0.29, 0.717) is 24.3 Å². The Hall–Kier alpha value is -1.91. The molecule has 0 spiro atoms. The van der Waals surface area contributed by atoms with Gasteiger partial charge in [0, 0.05) is 49.6 Å². The summed E-state index contributed by atoms with van der Waals surface area (Å²) in [5, 5.41) is 0. The summed E-state index contributed by atoms with van der Waals surface area (Å²) < 4.78 is 0. The summed E-state index contributed by atoms with van der Waals surface area (Å²) in [4.78, 5) is 33.7. The number of rotatable bonds is 6. The van der Waals surface area contributed by atoms with E-state index in [2.05, 4.69) is 23.7 Å². The Kier molecular flexibility index (Phi) is 6.28. The van der Waals surface area contributed by atoms with Crippen LogP contribution in [0.4, 0.5) is 0 Å². The lowest BCUT2D eigenvalue weighted by atomic mass is 9.83. The predicted molar refractivity (Wildman–Crippen MR) is 102 cm³/mol. The van der Waals surface area contributed by atoms with Crippen molar-refractivity contribution < 1.29 is 9.59 Å². The number of likely N-dealkylation sites (tertiary alicyclic amines) is 2. The van der Waals surface area contributed by atoms with Gasteiger partial charge in [-0.05, 0) is 43.7 Å². The molecule has 1 aromatic rings. The van der Waals surface area contributed by atoms with E-state index in [9.17, 15) is 9.59 Å². The highest BCUT2D eigenvalue weighted by Gasteiger charge is 2.40. The summed E-state index contributed by atoms with van der Waals surface area (Å²) in [5.74, 6) is 0.831. The van der Waals surface area contributed by atoms with Crippen LogP contribution in [0.15, 0.2) is 18.3 Å². The fourth-order valence-electron chi connectivity index (χ4n) is 4.34. The number of carbonyl (C=O) groups is 2. The van der Waals surface area contributed by atoms with Crippen LogP contribution in [0.3, 0.4) is 0 Å². The molecule has 2 aliphatic rings. The number of piperidine rings is 2. The lowest BCUT2D eigenvalue weighted by molar-refractivity contribution is -0.140. The smallest absolute Gasteiger partial charge is 0.253 e. The van der Waals surface area contributed by atoms with Crippen LogP contribution in [0.2, 0.25) is 0 Å². The normalized spacial score (nSPS) is 23.1. The summed E-state index contributed by atoms with van der Waals surface area (Å²) >= 11 is 0. The Balaban J connectivity index is 1.67. The molecule has 5 nitrogen and oxygen atoms in total. The number of pyridine rings is 1. The van der Waals surface area contributed by atoms with Crippen molar-refractivity contribution in [2.45, 2.75) is 64.8 Å². The van der Waals surface area contributed by atoms with E-state index in [0.717, 1.165) is 69.4 Å². The van der Waals surface area contributed by atoms with Crippen molar-refractivity contribution in [1.82, 2.24) is 14.8 Å². The average molecular weight is 357 g/mol. The van der Waals surface area contributed by atoms with Crippen LogP contribution in [-0.4, -0.2) is 52.3 Å². The fraction of sp³-hybridized carbons (Fsp3) is 0.667. The predicted octanol–water partition coefficient (Wildman–Crippen LogP) is 3.29. The zero-order valence-electron chi connectivity index (χ0n) is 16.1. The molecule has 26 heavy (non-hydrogen) atoms. The second-order valence-electron chi connectivity index (χ2n) is 7.63. The highest BCUT2D eigenvalue weighted by Crippen LogP contribution is 2.32. The molecule has 5 heteroatoms. The van der Waals surface area contributed by atoms with Crippen LogP contribution in [0.5, 0.6) is 0 Å². The van der Waals surface area contributed by atoms with Crippen molar-refractivity contribution in [3.8, 4) is 0 Å². The van der Waals surface area contributed by atoms with Crippen molar-refractivity contribution in [3.63, 3.8) is 0 Å². The molecule has 0 unspecified atom stereocenters. The number of amides is 2. The number of unbranched alkanes of at least 4 members (excludes halogenated alkanes) is 1. The van der Waals surface area contributed by atoms with Gasteiger partial charge < -0.3 is 9.80 Å². The number of hydrogen-bond acceptors (Lipinski definition) is 3. The summed E-state index contributed by atoms with van der Waals surface area (Å²) in [7, 11) is 0. The highest BCUT2D eigenvalue weighted by atomic mass is 16.2. The second kappa shape index (κ2) is 8.65. The minimum Gasteiger partial charge on any atom is -0.339 e. The first kappa shape index (κ1) is 18.9. The van der Waals surface area contributed by atoms with Crippen LogP contribution >= 0.6 is 0 Å². The summed E-state index contributed by atoms with van der Waals surface area (Å²) in [6.45, 7) is 6.66. The number of hydrogen-bond donors (Lipinski definition) is 0. The third kappa shape index (κ3) is 4.08. The van der Waals surface area contributed by atoms with Crippen molar-refractivity contribution in [2.75, 3.05) is 19.6 Å². The molecule has 0 N–H and O–H groups in total. The van der Waals surface area contributed by atoms with Crippen LogP contribution in [0.1, 0.15) is 68.4 Å². The average Bonchev–Trinajstić information content (AvgIpc) is 2.67. The van der Waals surface area contributed by atoms with Crippen molar-refractivity contribution in [3.05, 3.63) is 29.6 Å². The van der Waals surface area contributed by atoms with Gasteiger partial charge in [0.15, 0.2) is 0 Å². The molecule has 2 aliphatic heterocycles. The molecule has 2 saturated heterocycles. The van der Waals surface area contributed by atoms with E-state index in [1.807, 2.05) is 17.0 Å². The van der Waals surface area contributed by atoms with Gasteiger partial charge in [-0.15, -0.1) is 0 Å². The Morgan fingerprint density at radius 1 is 1.27 bits per heavy atom. The SMILES string of the molecule is CCCCN1C(=O)CC[C@H]2CN(C(=O)c3ccnc(CCC)c3)CC[C@H]21. The monoisotopic (exact) mass is 357 g/mol. The molecular formula is C21H31N3O2. The number of nitrogens with zero attached hydrogens (tertiary/aromatic N) is 3. The van der Waals surface area contributed by atoms with Crippen LogP contribution in [0.25, 0.3) is 0 Å². The molecule has 0 aromatic carbocycles. The zero-order chi connectivity index (χ0) is 18.5. The third-order valence-corrected chi connectivity index (χ3v) is 5.75. The van der Waals surface area contributed by atoms with Gasteiger partial charge in [0.05, 0.1) is 0 Å². The number of fused-ring (bicyclic) bond motifs is 1. The van der Waals surface area contributed by atoms with E-state index < -0.39 is 0 Å². The molecule has 2 fully saturated rings. The first-order valence-corrected chi connectivity index (χ1v) is 10.2. The van der Waals surface area contributed by atoms with E-state index in [4.69, 9.17) is 0 Å². The summed E-state index contributed by atoms with van der Waals surface area (Å²) in [6, 6.07) is 4.08. The Morgan fingerprint density at radius 2 is 2.12 bits per heavy atom. The van der Waals surface area contributed by atoms with Crippen LogP contribution in [0, 0.1) is 5.92 Å². The fourth-order valence-corrected chi connectivity index (χ4v) is 4.34. The van der Waals surface area contributed by atoms with E-state index >= 15 is 0 Å². The third-order valence-electron chi connectivity index (χ3n) is 5.75. The van der Waals surface area contributed by atoms with Gasteiger partial charge >= 0.3 is 0 Å². The van der Waals surface area contributed by atoms with Crippen LogP contribution in [-0.2, 0) is 11.2 Å². The van der Waals surface area contributed by atoms with Gasteiger partial charge in [-0.25, -0.2) is 0 Å². The molecular weight excluding hydrogens is 326 g/mol. The second-order valence-corrected chi connectivity index (χ2v) is 7.63. The Labute approximate surface area is 156 Å². The number of aryl methyl sites for hydroxylation is 1. The Bertz CT molecular complexity index is 646. The van der Waals surface area contributed by atoms with Crippen molar-refractivity contribution in [1.29, 1.82) is 0 Å². The lowest BCUT2D eigenvalue weighted by Gasteiger charge is -2.47. The van der Waals surface area contributed by atoms with Gasteiger partial charge in [-0.3, -0.25) is 14.6 Å². The molecule has 1 aromatic heterocycles. The standard InChI is InChI=1S/C21H31N3O2/c1-3-5-12-24-19-10-13-23(15-17(19)7-8-20(24)25)21(26)16-9-11-22-18(14-16)6-4-2/h9,11,14,17,19H,3-8,10,12-13,15H2,1-2H3/t17-,19+/m0/s1. The molecule has 0 aliphatic carbocycles. The minimum atomic E-state index is 0.111. The molecule has 0 radical (unpaired) electrons. The minimum absolute atomic E-state index is 0.111. The Morgan fingerprint density at radius 3 is 2.88 bits per heavy atom. The summed E-state index contributed by atoms with van der Waals surface area (Å²) in [6.07, 6.45) is 8.29. The molecule has 0 bridgehead atoms. The maximum atomic E-state index is 13.0. The van der Waals surface area contributed by atoms with Gasteiger partial charge in [0.25, 0.3) is 5.91 Å². The molecule has 2 atom stereocenters. The molecule has 3 rings (SSSR count). The highest BCUT2D eigenvalue weighted by molar-refractivity contribution is 5.94. The first-order chi connectivity index (χ1) is 12.6. The topological polar surface area (TPSA) is 53.5 Å². The van der Waals surface area contributed by atoms with E-state index in [1.54, 1.807) is 6.20 Å². The maximum Gasteiger partial charge on any atom is 0.253 e. The molecule has 3 heterocycles. The lowest BCUT2D eigenvalue weighted by Crippen LogP contribution is -2.57. The summed E-state index contributed by atoms with van der Waals surface area (Å²) in [5.41, 5.74) is 1.74. The quantitative estimate of drug-likeness (QED) is 0.785. The van der Waals surface area contributed by atoms with Gasteiger partial charge in [0.1, 0.15) is 0 Å². The zero-order valence-corrected chi connectivity index (χ0v) is 16.1. The number of aromatic nitrogens is 1. The van der Waals surface area contributed by atoms with Gasteiger partial charge in [-0.2, -0.15) is 0 Å². The number of carbonyl (C=O) groups excluding carboxylic acids is 2. The van der Waals surface area contributed by atoms with E-state index in [-0.39, 0.29) is 5.91 Å². The maximum absolute atomic E-state index is 13.0. The molecule has 2 amide bonds. The largest absolute Gasteiger partial charge is 0.339 e. The van der Waals surface area contributed by atoms with Crippen molar-refractivity contribution in [2.24, 2.45) is 5.92 Å². The van der Waals surface area contributed by atoms with E-state index in [1.165, 1.54) is 0 Å². The molecule has 0 saturated carbocycles. The van der Waals surface area contributed by atoms with Gasteiger partial charge in [0.2, 0.25) is 5.91 Å².